The van der Waals surface area contributed by atoms with Crippen LogP contribution < -0.4 is 4.90 Å². The predicted molar refractivity (Wildman–Crippen MR) is 96.4 cm³/mol. The first-order valence-electron chi connectivity index (χ1n) is 8.70. The fourth-order valence-electron chi connectivity index (χ4n) is 3.36. The molecular weight excluding hydrogens is 300 g/mol. The number of piperidine rings is 1. The number of benzene rings is 1. The minimum absolute atomic E-state index is 0.0467. The first kappa shape index (κ1) is 16.7. The number of amides is 1. The number of rotatable bonds is 4. The zero-order chi connectivity index (χ0) is 17.1. The smallest absolute Gasteiger partial charge is 0.276 e. The molecule has 1 saturated heterocycles. The van der Waals surface area contributed by atoms with Crippen LogP contribution in [0, 0.1) is 0 Å². The first-order chi connectivity index (χ1) is 11.6. The number of aromatic nitrogens is 2. The molecule has 0 aliphatic carbocycles. The molecule has 1 amide bonds. The molecule has 128 valence electrons. The average molecular weight is 326 g/mol. The van der Waals surface area contributed by atoms with Crippen LogP contribution in [0.15, 0.2) is 36.4 Å². The molecule has 1 aliphatic heterocycles. The van der Waals surface area contributed by atoms with Crippen LogP contribution >= 0.6 is 0 Å². The van der Waals surface area contributed by atoms with Gasteiger partial charge in [0.2, 0.25) is 0 Å². The maximum atomic E-state index is 13.3. The average Bonchev–Trinajstić information content (AvgIpc) is 2.99. The summed E-state index contributed by atoms with van der Waals surface area (Å²) in [4.78, 5) is 17.6. The number of nitrogens with zero attached hydrogens (tertiary/aromatic N) is 4. The highest BCUT2D eigenvalue weighted by Gasteiger charge is 2.30. The van der Waals surface area contributed by atoms with Crippen molar-refractivity contribution in [3.8, 4) is 0 Å². The first-order valence-corrected chi connectivity index (χ1v) is 8.70. The summed E-state index contributed by atoms with van der Waals surface area (Å²) in [6, 6.07) is 12.2. The number of carbonyl (C=O) groups is 1. The van der Waals surface area contributed by atoms with E-state index in [0.717, 1.165) is 43.7 Å². The summed E-state index contributed by atoms with van der Waals surface area (Å²) in [6.45, 7) is 4.10. The third kappa shape index (κ3) is 3.36. The van der Waals surface area contributed by atoms with Gasteiger partial charge in [0.05, 0.1) is 5.69 Å². The Hall–Kier alpha value is -2.14. The lowest BCUT2D eigenvalue weighted by Gasteiger charge is -2.37. The largest absolute Gasteiger partial charge is 0.306 e. The molecule has 0 unspecified atom stereocenters. The number of aryl methyl sites for hydroxylation is 2. The highest BCUT2D eigenvalue weighted by atomic mass is 16.2. The molecule has 1 aromatic heterocycles. The van der Waals surface area contributed by atoms with Crippen LogP contribution in [-0.2, 0) is 13.5 Å². The monoisotopic (exact) mass is 326 g/mol. The van der Waals surface area contributed by atoms with Crippen LogP contribution in [-0.4, -0.2) is 46.8 Å². The lowest BCUT2D eigenvalue weighted by atomic mass is 10.0. The maximum absolute atomic E-state index is 13.3. The summed E-state index contributed by atoms with van der Waals surface area (Å²) in [5, 5.41) is 4.44. The minimum atomic E-state index is 0.0467. The molecule has 0 atom stereocenters. The lowest BCUT2D eigenvalue weighted by Crippen LogP contribution is -2.47. The third-order valence-corrected chi connectivity index (χ3v) is 4.82. The molecule has 2 aromatic rings. The molecule has 0 bridgehead atoms. The molecule has 0 spiro atoms. The van der Waals surface area contributed by atoms with E-state index < -0.39 is 0 Å². The number of hydrogen-bond acceptors (Lipinski definition) is 3. The molecule has 0 N–H and O–H groups in total. The standard InChI is InChI=1S/C19H26N4O/c1-4-15-14-18(22(3)20-15)19(24)23(16-8-6-5-7-9-16)17-10-12-21(2)13-11-17/h5-9,14,17H,4,10-13H2,1-3H3. The highest BCUT2D eigenvalue weighted by molar-refractivity contribution is 6.05. The summed E-state index contributed by atoms with van der Waals surface area (Å²) in [5.41, 5.74) is 2.59. The molecule has 5 heteroatoms. The molecule has 24 heavy (non-hydrogen) atoms. The van der Waals surface area contributed by atoms with Crippen molar-refractivity contribution in [2.45, 2.75) is 32.2 Å². The fourth-order valence-corrected chi connectivity index (χ4v) is 3.36. The normalized spacial score (nSPS) is 16.3. The van der Waals surface area contributed by atoms with Crippen LogP contribution in [0.3, 0.4) is 0 Å². The Kier molecular flexibility index (Phi) is 5.00. The maximum Gasteiger partial charge on any atom is 0.276 e. The van der Waals surface area contributed by atoms with Gasteiger partial charge in [-0.2, -0.15) is 5.10 Å². The predicted octanol–water partition coefficient (Wildman–Crippen LogP) is 2.72. The van der Waals surface area contributed by atoms with E-state index in [4.69, 9.17) is 0 Å². The molecule has 2 heterocycles. The fraction of sp³-hybridized carbons (Fsp3) is 0.474. The van der Waals surface area contributed by atoms with Crippen molar-refractivity contribution in [3.63, 3.8) is 0 Å². The van der Waals surface area contributed by atoms with Gasteiger partial charge in [0.25, 0.3) is 5.91 Å². The van der Waals surface area contributed by atoms with Crippen LogP contribution in [0.25, 0.3) is 0 Å². The molecule has 3 rings (SSSR count). The van der Waals surface area contributed by atoms with Gasteiger partial charge in [-0.05, 0) is 57.6 Å². The Labute approximate surface area is 143 Å². The number of hydrogen-bond donors (Lipinski definition) is 0. The summed E-state index contributed by atoms with van der Waals surface area (Å²) in [6.07, 6.45) is 2.83. The highest BCUT2D eigenvalue weighted by Crippen LogP contribution is 2.25. The zero-order valence-electron chi connectivity index (χ0n) is 14.8. The van der Waals surface area contributed by atoms with Gasteiger partial charge in [-0.15, -0.1) is 0 Å². The van der Waals surface area contributed by atoms with Crippen molar-refractivity contribution in [3.05, 3.63) is 47.8 Å². The Morgan fingerprint density at radius 2 is 1.88 bits per heavy atom. The molecule has 1 aliphatic rings. The lowest BCUT2D eigenvalue weighted by molar-refractivity contribution is 0.0954. The number of para-hydroxylation sites is 1. The second-order valence-electron chi connectivity index (χ2n) is 6.54. The van der Waals surface area contributed by atoms with Crippen molar-refractivity contribution in [2.24, 2.45) is 7.05 Å². The van der Waals surface area contributed by atoms with E-state index in [1.807, 2.05) is 48.3 Å². The van der Waals surface area contributed by atoms with Crippen molar-refractivity contribution >= 4 is 11.6 Å². The number of anilines is 1. The van der Waals surface area contributed by atoms with Gasteiger partial charge in [-0.1, -0.05) is 25.1 Å². The molecule has 5 nitrogen and oxygen atoms in total. The van der Waals surface area contributed by atoms with Crippen LogP contribution in [0.5, 0.6) is 0 Å². The Morgan fingerprint density at radius 3 is 2.46 bits per heavy atom. The van der Waals surface area contributed by atoms with Crippen LogP contribution in [0.2, 0.25) is 0 Å². The Morgan fingerprint density at radius 1 is 1.21 bits per heavy atom. The van der Waals surface area contributed by atoms with E-state index in [2.05, 4.69) is 24.0 Å². The van der Waals surface area contributed by atoms with Gasteiger partial charge >= 0.3 is 0 Å². The molecular formula is C19H26N4O. The van der Waals surface area contributed by atoms with Crippen molar-refractivity contribution in [1.29, 1.82) is 0 Å². The SMILES string of the molecule is CCc1cc(C(=O)N(c2ccccc2)C2CCN(C)CC2)n(C)n1. The summed E-state index contributed by atoms with van der Waals surface area (Å²) in [7, 11) is 3.99. The Bertz CT molecular complexity index is 687. The summed E-state index contributed by atoms with van der Waals surface area (Å²) in [5.74, 6) is 0.0467. The quantitative estimate of drug-likeness (QED) is 0.867. The Balaban J connectivity index is 1.94. The van der Waals surface area contributed by atoms with E-state index in [1.165, 1.54) is 0 Å². The van der Waals surface area contributed by atoms with E-state index in [0.29, 0.717) is 5.69 Å². The summed E-state index contributed by atoms with van der Waals surface area (Å²) >= 11 is 0. The molecule has 0 radical (unpaired) electrons. The molecule has 1 fully saturated rings. The molecule has 1 aromatic carbocycles. The van der Waals surface area contributed by atoms with Gasteiger partial charge in [0.15, 0.2) is 0 Å². The van der Waals surface area contributed by atoms with Gasteiger partial charge < -0.3 is 9.80 Å². The number of likely N-dealkylation sites (tertiary alicyclic amines) is 1. The van der Waals surface area contributed by atoms with E-state index >= 15 is 0 Å². The number of carbonyl (C=O) groups excluding carboxylic acids is 1. The van der Waals surface area contributed by atoms with Gasteiger partial charge in [-0.3, -0.25) is 9.48 Å². The summed E-state index contributed by atoms with van der Waals surface area (Å²) < 4.78 is 1.71. The van der Waals surface area contributed by atoms with E-state index in [1.54, 1.807) is 4.68 Å². The van der Waals surface area contributed by atoms with E-state index in [-0.39, 0.29) is 11.9 Å². The second-order valence-corrected chi connectivity index (χ2v) is 6.54. The van der Waals surface area contributed by atoms with Crippen LogP contribution in [0.1, 0.15) is 35.9 Å². The van der Waals surface area contributed by atoms with Gasteiger partial charge in [0.1, 0.15) is 5.69 Å². The van der Waals surface area contributed by atoms with Crippen molar-refractivity contribution in [1.82, 2.24) is 14.7 Å². The van der Waals surface area contributed by atoms with Crippen molar-refractivity contribution < 1.29 is 4.79 Å². The van der Waals surface area contributed by atoms with Crippen molar-refractivity contribution in [2.75, 3.05) is 25.0 Å². The van der Waals surface area contributed by atoms with E-state index in [9.17, 15) is 4.79 Å². The molecule has 0 saturated carbocycles. The van der Waals surface area contributed by atoms with Gasteiger partial charge in [0, 0.05) is 18.8 Å². The topological polar surface area (TPSA) is 41.4 Å². The van der Waals surface area contributed by atoms with Crippen LogP contribution in [0.4, 0.5) is 5.69 Å². The third-order valence-electron chi connectivity index (χ3n) is 4.82. The minimum Gasteiger partial charge on any atom is -0.306 e. The second kappa shape index (κ2) is 7.18. The zero-order valence-corrected chi connectivity index (χ0v) is 14.8. The van der Waals surface area contributed by atoms with Gasteiger partial charge in [-0.25, -0.2) is 0 Å².